The number of hydrogen-bond acceptors (Lipinski definition) is 7. The predicted octanol–water partition coefficient (Wildman–Crippen LogP) is 2.74. The summed E-state index contributed by atoms with van der Waals surface area (Å²) in [4.78, 5) is 40.4. The van der Waals surface area contributed by atoms with Crippen molar-refractivity contribution in [2.45, 2.75) is 13.0 Å². The summed E-state index contributed by atoms with van der Waals surface area (Å²) in [5.41, 5.74) is 0.299. The summed E-state index contributed by atoms with van der Waals surface area (Å²) in [6.07, 6.45) is 0. The van der Waals surface area contributed by atoms with Gasteiger partial charge in [-0.2, -0.15) is 0 Å². The van der Waals surface area contributed by atoms with Gasteiger partial charge in [-0.1, -0.05) is 12.1 Å². The van der Waals surface area contributed by atoms with Crippen LogP contribution in [-0.2, 0) is 14.4 Å². The molecule has 0 aliphatic carbocycles. The van der Waals surface area contributed by atoms with Gasteiger partial charge in [-0.25, -0.2) is 4.39 Å². The first-order valence-electron chi connectivity index (χ1n) is 10.2. The fourth-order valence-electron chi connectivity index (χ4n) is 3.66. The Morgan fingerprint density at radius 2 is 1.82 bits per heavy atom. The van der Waals surface area contributed by atoms with Crippen molar-refractivity contribution in [3.8, 4) is 11.5 Å². The average molecular weight is 456 g/mol. The Morgan fingerprint density at radius 1 is 1.15 bits per heavy atom. The van der Waals surface area contributed by atoms with Gasteiger partial charge < -0.3 is 24.4 Å². The molecule has 174 valence electrons. The number of esters is 1. The highest BCUT2D eigenvalue weighted by Crippen LogP contribution is 2.41. The second-order valence-electron chi connectivity index (χ2n) is 7.80. The Balaban J connectivity index is 2.17. The first-order chi connectivity index (χ1) is 15.6. The molecule has 2 aromatic carbocycles. The first-order valence-corrected chi connectivity index (χ1v) is 10.2. The van der Waals surface area contributed by atoms with Gasteiger partial charge >= 0.3 is 5.97 Å². The monoisotopic (exact) mass is 456 g/mol. The maximum Gasteiger partial charge on any atom is 0.308 e. The molecule has 33 heavy (non-hydrogen) atoms. The van der Waals surface area contributed by atoms with Crippen LogP contribution in [0, 0.1) is 5.82 Å². The molecule has 1 atom stereocenters. The van der Waals surface area contributed by atoms with Gasteiger partial charge in [0, 0.05) is 20.0 Å². The third-order valence-corrected chi connectivity index (χ3v) is 5.20. The number of likely N-dealkylation sites (N-methyl/N-ethyl adjacent to an activating group) is 1. The van der Waals surface area contributed by atoms with E-state index in [9.17, 15) is 23.9 Å². The van der Waals surface area contributed by atoms with Gasteiger partial charge in [0.15, 0.2) is 0 Å². The van der Waals surface area contributed by atoms with Crippen LogP contribution in [0.4, 0.5) is 4.39 Å². The second kappa shape index (κ2) is 9.83. The van der Waals surface area contributed by atoms with E-state index in [4.69, 9.17) is 9.47 Å². The minimum Gasteiger partial charge on any atom is -0.507 e. The van der Waals surface area contributed by atoms with E-state index in [0.717, 1.165) is 12.1 Å². The van der Waals surface area contributed by atoms with Crippen molar-refractivity contribution >= 4 is 23.4 Å². The number of carbonyl (C=O) groups excluding carboxylic acids is 3. The number of methoxy groups -OCH3 is 1. The van der Waals surface area contributed by atoms with E-state index in [1.165, 1.54) is 37.1 Å². The molecule has 1 N–H and O–H groups in total. The van der Waals surface area contributed by atoms with Crippen LogP contribution in [-0.4, -0.2) is 66.9 Å². The number of rotatable bonds is 7. The molecule has 9 heteroatoms. The van der Waals surface area contributed by atoms with Gasteiger partial charge in [0.05, 0.1) is 24.3 Å². The lowest BCUT2D eigenvalue weighted by Crippen LogP contribution is -2.35. The van der Waals surface area contributed by atoms with E-state index in [2.05, 4.69) is 0 Å². The zero-order valence-corrected chi connectivity index (χ0v) is 18.8. The summed E-state index contributed by atoms with van der Waals surface area (Å²) in [6, 6.07) is 8.89. The Labute approximate surface area is 190 Å². The predicted molar refractivity (Wildman–Crippen MR) is 118 cm³/mol. The molecule has 0 spiro atoms. The highest BCUT2D eigenvalue weighted by Gasteiger charge is 2.46. The molecule has 1 aliphatic rings. The van der Waals surface area contributed by atoms with Crippen LogP contribution in [0.2, 0.25) is 0 Å². The summed E-state index contributed by atoms with van der Waals surface area (Å²) in [5.74, 6) is -2.87. The zero-order valence-electron chi connectivity index (χ0n) is 18.8. The maximum absolute atomic E-state index is 14.0. The number of nitrogens with zero attached hydrogens (tertiary/aromatic N) is 2. The first kappa shape index (κ1) is 23.9. The normalized spacial score (nSPS) is 17.5. The Kier molecular flexibility index (Phi) is 7.13. The largest absolute Gasteiger partial charge is 0.507 e. The third kappa shape index (κ3) is 5.04. The van der Waals surface area contributed by atoms with Crippen LogP contribution >= 0.6 is 0 Å². The minimum absolute atomic E-state index is 0.0374. The SMILES string of the molecule is COc1ccc(F)cc1/C(O)=C1\C(=O)C(=O)N(CCN(C)C)C1c1ccc(OC(C)=O)cc1. The molecule has 8 nitrogen and oxygen atoms in total. The molecule has 1 amide bonds. The van der Waals surface area contributed by atoms with Crippen molar-refractivity contribution in [2.24, 2.45) is 0 Å². The summed E-state index contributed by atoms with van der Waals surface area (Å²) < 4.78 is 24.2. The van der Waals surface area contributed by atoms with Gasteiger partial charge in [0.2, 0.25) is 0 Å². The summed E-state index contributed by atoms with van der Waals surface area (Å²) in [7, 11) is 5.01. The van der Waals surface area contributed by atoms with Crippen molar-refractivity contribution in [3.05, 3.63) is 65.0 Å². The number of ether oxygens (including phenoxy) is 2. The highest BCUT2D eigenvalue weighted by atomic mass is 19.1. The van der Waals surface area contributed by atoms with Crippen LogP contribution in [0.1, 0.15) is 24.1 Å². The fourth-order valence-corrected chi connectivity index (χ4v) is 3.66. The third-order valence-electron chi connectivity index (χ3n) is 5.20. The topological polar surface area (TPSA) is 96.4 Å². The van der Waals surface area contributed by atoms with Crippen LogP contribution < -0.4 is 9.47 Å². The number of amides is 1. The van der Waals surface area contributed by atoms with Gasteiger partial charge in [-0.15, -0.1) is 0 Å². The number of halogens is 1. The number of benzene rings is 2. The molecule has 0 saturated carbocycles. The smallest absolute Gasteiger partial charge is 0.308 e. The Morgan fingerprint density at radius 3 is 2.39 bits per heavy atom. The molecule has 1 fully saturated rings. The average Bonchev–Trinajstić information content (AvgIpc) is 3.02. The fraction of sp³-hybridized carbons (Fsp3) is 0.292. The van der Waals surface area contributed by atoms with Crippen molar-refractivity contribution in [1.29, 1.82) is 0 Å². The molecule has 1 saturated heterocycles. The zero-order chi connectivity index (χ0) is 24.3. The number of carbonyl (C=O) groups is 3. The molecule has 0 bridgehead atoms. The number of hydrogen-bond donors (Lipinski definition) is 1. The van der Waals surface area contributed by atoms with Gasteiger partial charge in [0.25, 0.3) is 11.7 Å². The van der Waals surface area contributed by atoms with Crippen LogP contribution in [0.3, 0.4) is 0 Å². The number of Topliss-reactive ketones (excluding diaryl/α,β-unsaturated/α-hetero) is 1. The molecule has 1 heterocycles. The van der Waals surface area contributed by atoms with E-state index < -0.39 is 35.3 Å². The van der Waals surface area contributed by atoms with E-state index in [1.54, 1.807) is 12.1 Å². The number of likely N-dealkylation sites (tertiary alicyclic amines) is 1. The minimum atomic E-state index is -0.927. The molecular formula is C24H25FN2O6. The van der Waals surface area contributed by atoms with E-state index in [-0.39, 0.29) is 23.4 Å². The van der Waals surface area contributed by atoms with Crippen LogP contribution in [0.5, 0.6) is 11.5 Å². The van der Waals surface area contributed by atoms with Crippen LogP contribution in [0.25, 0.3) is 5.76 Å². The second-order valence-corrected chi connectivity index (χ2v) is 7.80. The van der Waals surface area contributed by atoms with Crippen molar-refractivity contribution in [3.63, 3.8) is 0 Å². The van der Waals surface area contributed by atoms with Crippen molar-refractivity contribution in [1.82, 2.24) is 9.80 Å². The quantitative estimate of drug-likeness (QED) is 0.225. The van der Waals surface area contributed by atoms with Crippen LogP contribution in [0.15, 0.2) is 48.0 Å². The lowest BCUT2D eigenvalue weighted by atomic mass is 9.95. The van der Waals surface area contributed by atoms with Crippen molar-refractivity contribution in [2.75, 3.05) is 34.3 Å². The lowest BCUT2D eigenvalue weighted by molar-refractivity contribution is -0.140. The summed E-state index contributed by atoms with van der Waals surface area (Å²) in [5, 5.41) is 11.1. The number of aliphatic hydroxyl groups is 1. The molecule has 2 aromatic rings. The van der Waals surface area contributed by atoms with Gasteiger partial charge in [-0.05, 0) is 50.0 Å². The highest BCUT2D eigenvalue weighted by molar-refractivity contribution is 6.46. The standard InChI is InChI=1S/C24H25FN2O6/c1-14(28)33-17-8-5-15(6-9-17)21-20(23(30)24(31)27(21)12-11-26(2)3)22(29)18-13-16(25)7-10-19(18)32-4/h5-10,13,21,29H,11-12H2,1-4H3/b22-20+. The summed E-state index contributed by atoms with van der Waals surface area (Å²) >= 11 is 0. The van der Waals surface area contributed by atoms with E-state index in [1.807, 2.05) is 19.0 Å². The molecule has 1 aliphatic heterocycles. The Bertz CT molecular complexity index is 1110. The number of aliphatic hydroxyl groups excluding tert-OH is 1. The number of ketones is 1. The lowest BCUT2D eigenvalue weighted by Gasteiger charge is -2.26. The van der Waals surface area contributed by atoms with Gasteiger partial charge in [0.1, 0.15) is 23.1 Å². The molecule has 1 unspecified atom stereocenters. The maximum atomic E-state index is 14.0. The molecule has 0 radical (unpaired) electrons. The van der Waals surface area contributed by atoms with Gasteiger partial charge in [-0.3, -0.25) is 14.4 Å². The Hall–Kier alpha value is -3.72. The molecular weight excluding hydrogens is 431 g/mol. The van der Waals surface area contributed by atoms with Crippen molar-refractivity contribution < 1.29 is 33.4 Å². The molecule has 0 aromatic heterocycles. The van der Waals surface area contributed by atoms with E-state index in [0.29, 0.717) is 17.9 Å². The molecule has 3 rings (SSSR count). The van der Waals surface area contributed by atoms with E-state index >= 15 is 0 Å². The summed E-state index contributed by atoms with van der Waals surface area (Å²) in [6.45, 7) is 1.96.